The van der Waals surface area contributed by atoms with E-state index in [0.717, 1.165) is 12.3 Å². The monoisotopic (exact) mass is 207 g/mol. The van der Waals surface area contributed by atoms with E-state index in [9.17, 15) is 0 Å². The van der Waals surface area contributed by atoms with Crippen molar-refractivity contribution in [3.05, 3.63) is 17.5 Å². The largest absolute Gasteiger partial charge is 0.326 e. The molecule has 1 fully saturated rings. The van der Waals surface area contributed by atoms with Gasteiger partial charge in [-0.05, 0) is 12.3 Å². The highest BCUT2D eigenvalue weighted by atomic mass is 15.3. The molecule has 0 saturated heterocycles. The highest BCUT2D eigenvalue weighted by Gasteiger charge is 2.17. The van der Waals surface area contributed by atoms with Crippen LogP contribution in [0.4, 0.5) is 0 Å². The summed E-state index contributed by atoms with van der Waals surface area (Å²) >= 11 is 0. The zero-order valence-corrected chi connectivity index (χ0v) is 9.58. The van der Waals surface area contributed by atoms with E-state index in [1.54, 1.807) is 0 Å². The minimum atomic E-state index is 0.621. The fourth-order valence-electron chi connectivity index (χ4n) is 2.59. The zero-order valence-electron chi connectivity index (χ0n) is 9.58. The molecule has 3 heteroatoms. The lowest BCUT2D eigenvalue weighted by molar-refractivity contribution is 0.353. The molecule has 0 radical (unpaired) electrons. The van der Waals surface area contributed by atoms with E-state index in [4.69, 9.17) is 5.73 Å². The van der Waals surface area contributed by atoms with Gasteiger partial charge in [-0.2, -0.15) is 5.10 Å². The van der Waals surface area contributed by atoms with E-state index >= 15 is 0 Å². The summed E-state index contributed by atoms with van der Waals surface area (Å²) in [7, 11) is 1.98. The molecule has 0 bridgehead atoms. The van der Waals surface area contributed by atoms with Crippen LogP contribution in [0.3, 0.4) is 0 Å². The molecule has 1 saturated carbocycles. The predicted molar refractivity (Wildman–Crippen MR) is 61.4 cm³/mol. The van der Waals surface area contributed by atoms with Crippen LogP contribution in [0, 0.1) is 5.92 Å². The molecule has 0 unspecified atom stereocenters. The number of hydrogen-bond acceptors (Lipinski definition) is 2. The van der Waals surface area contributed by atoms with Gasteiger partial charge in [-0.3, -0.25) is 4.68 Å². The molecule has 1 heterocycles. The Morgan fingerprint density at radius 2 is 2.13 bits per heavy atom. The highest BCUT2D eigenvalue weighted by Crippen LogP contribution is 2.27. The normalized spacial score (nSPS) is 18.3. The Morgan fingerprint density at radius 1 is 1.40 bits per heavy atom. The quantitative estimate of drug-likeness (QED) is 0.824. The molecule has 0 aromatic carbocycles. The molecule has 0 amide bonds. The number of aromatic nitrogens is 2. The van der Waals surface area contributed by atoms with E-state index < -0.39 is 0 Å². The summed E-state index contributed by atoms with van der Waals surface area (Å²) in [4.78, 5) is 0. The Labute approximate surface area is 91.7 Å². The third-order valence-electron chi connectivity index (χ3n) is 3.42. The fourth-order valence-corrected chi connectivity index (χ4v) is 2.59. The Morgan fingerprint density at radius 3 is 2.80 bits per heavy atom. The third kappa shape index (κ3) is 2.59. The molecule has 2 N–H and O–H groups in total. The zero-order chi connectivity index (χ0) is 10.7. The maximum absolute atomic E-state index is 5.72. The predicted octanol–water partition coefficient (Wildman–Crippen LogP) is 2.00. The number of rotatable bonds is 3. The molecule has 1 aliphatic carbocycles. The van der Waals surface area contributed by atoms with Crippen LogP contribution >= 0.6 is 0 Å². The molecule has 0 atom stereocenters. The molecule has 0 aliphatic heterocycles. The van der Waals surface area contributed by atoms with Crippen molar-refractivity contribution in [2.24, 2.45) is 18.7 Å². The van der Waals surface area contributed by atoms with E-state index in [1.807, 2.05) is 11.7 Å². The second kappa shape index (κ2) is 4.79. The summed E-state index contributed by atoms with van der Waals surface area (Å²) in [5, 5.41) is 4.51. The molecule has 15 heavy (non-hydrogen) atoms. The average molecular weight is 207 g/mol. The second-order valence-corrected chi connectivity index (χ2v) is 4.69. The molecule has 1 aromatic rings. The molecule has 1 aromatic heterocycles. The van der Waals surface area contributed by atoms with Crippen molar-refractivity contribution in [2.45, 2.75) is 45.1 Å². The van der Waals surface area contributed by atoms with E-state index in [-0.39, 0.29) is 0 Å². The van der Waals surface area contributed by atoms with Gasteiger partial charge in [0.2, 0.25) is 0 Å². The van der Waals surface area contributed by atoms with Crippen LogP contribution in [0.5, 0.6) is 0 Å². The first kappa shape index (κ1) is 10.7. The van der Waals surface area contributed by atoms with Crippen molar-refractivity contribution in [2.75, 3.05) is 0 Å². The van der Waals surface area contributed by atoms with Crippen LogP contribution in [0.2, 0.25) is 0 Å². The average Bonchev–Trinajstić information content (AvgIpc) is 2.60. The molecule has 1 aliphatic rings. The van der Waals surface area contributed by atoms with E-state index in [0.29, 0.717) is 6.54 Å². The van der Waals surface area contributed by atoms with Gasteiger partial charge in [-0.15, -0.1) is 0 Å². The van der Waals surface area contributed by atoms with Crippen LogP contribution in [-0.4, -0.2) is 9.78 Å². The van der Waals surface area contributed by atoms with Crippen molar-refractivity contribution in [1.82, 2.24) is 9.78 Å². The van der Waals surface area contributed by atoms with E-state index in [1.165, 1.54) is 43.4 Å². The standard InChI is InChI=1S/C12H21N3/c1-15-9-11(8-13)12(14-15)7-10-5-3-2-4-6-10/h9-10H,2-8,13H2,1H3. The Kier molecular flexibility index (Phi) is 3.41. The van der Waals surface area contributed by atoms with Crippen molar-refractivity contribution >= 4 is 0 Å². The number of aryl methyl sites for hydroxylation is 1. The Bertz CT molecular complexity index is 311. The van der Waals surface area contributed by atoms with Crippen molar-refractivity contribution in [3.8, 4) is 0 Å². The van der Waals surface area contributed by atoms with E-state index in [2.05, 4.69) is 11.3 Å². The highest BCUT2D eigenvalue weighted by molar-refractivity contribution is 5.17. The van der Waals surface area contributed by atoms with Gasteiger partial charge in [-0.25, -0.2) is 0 Å². The van der Waals surface area contributed by atoms with Crippen LogP contribution in [0.25, 0.3) is 0 Å². The molecular formula is C12H21N3. The van der Waals surface area contributed by atoms with Gasteiger partial charge in [0, 0.05) is 25.4 Å². The summed E-state index contributed by atoms with van der Waals surface area (Å²) in [6.45, 7) is 0.621. The first-order chi connectivity index (χ1) is 7.29. The van der Waals surface area contributed by atoms with Gasteiger partial charge in [-0.1, -0.05) is 32.1 Å². The maximum atomic E-state index is 5.72. The van der Waals surface area contributed by atoms with Crippen molar-refractivity contribution in [3.63, 3.8) is 0 Å². The van der Waals surface area contributed by atoms with Gasteiger partial charge in [0.25, 0.3) is 0 Å². The third-order valence-corrected chi connectivity index (χ3v) is 3.42. The Hall–Kier alpha value is -0.830. The minimum absolute atomic E-state index is 0.621. The van der Waals surface area contributed by atoms with Gasteiger partial charge in [0.05, 0.1) is 5.69 Å². The van der Waals surface area contributed by atoms with Crippen LogP contribution < -0.4 is 5.73 Å². The Balaban J connectivity index is 2.02. The summed E-state index contributed by atoms with van der Waals surface area (Å²) in [5.74, 6) is 0.846. The minimum Gasteiger partial charge on any atom is -0.326 e. The fraction of sp³-hybridized carbons (Fsp3) is 0.750. The van der Waals surface area contributed by atoms with Crippen molar-refractivity contribution < 1.29 is 0 Å². The lowest BCUT2D eigenvalue weighted by Gasteiger charge is -2.20. The van der Waals surface area contributed by atoms with Gasteiger partial charge in [0.15, 0.2) is 0 Å². The molecule has 0 spiro atoms. The molecule has 2 rings (SSSR count). The second-order valence-electron chi connectivity index (χ2n) is 4.69. The van der Waals surface area contributed by atoms with Crippen LogP contribution in [0.15, 0.2) is 6.20 Å². The summed E-state index contributed by atoms with van der Waals surface area (Å²) in [5.41, 5.74) is 8.17. The maximum Gasteiger partial charge on any atom is 0.0672 e. The number of hydrogen-bond donors (Lipinski definition) is 1. The topological polar surface area (TPSA) is 43.8 Å². The lowest BCUT2D eigenvalue weighted by Crippen LogP contribution is -2.11. The number of nitrogens with zero attached hydrogens (tertiary/aromatic N) is 2. The lowest BCUT2D eigenvalue weighted by atomic mass is 9.85. The molecular weight excluding hydrogens is 186 g/mol. The summed E-state index contributed by atoms with van der Waals surface area (Å²) in [6.07, 6.45) is 10.2. The SMILES string of the molecule is Cn1cc(CN)c(CC2CCCCC2)n1. The molecule has 3 nitrogen and oxygen atoms in total. The van der Waals surface area contributed by atoms with Gasteiger partial charge < -0.3 is 5.73 Å². The summed E-state index contributed by atoms with van der Waals surface area (Å²) in [6, 6.07) is 0. The first-order valence-electron chi connectivity index (χ1n) is 6.01. The number of nitrogens with two attached hydrogens (primary N) is 1. The summed E-state index contributed by atoms with van der Waals surface area (Å²) < 4.78 is 1.89. The van der Waals surface area contributed by atoms with Gasteiger partial charge in [0.1, 0.15) is 0 Å². The van der Waals surface area contributed by atoms with Crippen LogP contribution in [0.1, 0.15) is 43.4 Å². The first-order valence-corrected chi connectivity index (χ1v) is 6.01. The van der Waals surface area contributed by atoms with Gasteiger partial charge >= 0.3 is 0 Å². The van der Waals surface area contributed by atoms with Crippen molar-refractivity contribution in [1.29, 1.82) is 0 Å². The molecule has 84 valence electrons. The smallest absolute Gasteiger partial charge is 0.0672 e. The van der Waals surface area contributed by atoms with Crippen LogP contribution in [-0.2, 0) is 20.0 Å².